The maximum atomic E-state index is 14.2. The van der Waals surface area contributed by atoms with Crippen molar-refractivity contribution in [2.75, 3.05) is 14.2 Å². The third-order valence-corrected chi connectivity index (χ3v) is 4.01. The van der Waals surface area contributed by atoms with Gasteiger partial charge >= 0.3 is 0 Å². The molecule has 2 aromatic carbocycles. The lowest BCUT2D eigenvalue weighted by Gasteiger charge is -2.20. The average molecular weight is 356 g/mol. The molecule has 0 aliphatic rings. The van der Waals surface area contributed by atoms with Crippen LogP contribution in [-0.4, -0.2) is 14.2 Å². The van der Waals surface area contributed by atoms with Gasteiger partial charge in [0.1, 0.15) is 17.4 Å². The molecule has 0 aromatic heterocycles. The number of methoxy groups -OCH3 is 1. The quantitative estimate of drug-likeness (QED) is 0.810. The van der Waals surface area contributed by atoms with Crippen molar-refractivity contribution in [3.8, 4) is 5.75 Å². The molecule has 0 bridgehead atoms. The fourth-order valence-corrected chi connectivity index (χ4v) is 2.65. The normalized spacial score (nSPS) is 12.2. The zero-order valence-corrected chi connectivity index (χ0v) is 13.4. The number of para-hydroxylation sites is 1. The number of ether oxygens (including phenoxy) is 1. The first kappa shape index (κ1) is 15.9. The van der Waals surface area contributed by atoms with Crippen LogP contribution >= 0.6 is 15.9 Å². The summed E-state index contributed by atoms with van der Waals surface area (Å²) in [7, 11) is 3.26. The molecule has 21 heavy (non-hydrogen) atoms. The van der Waals surface area contributed by atoms with Gasteiger partial charge in [-0.05, 0) is 53.2 Å². The number of likely N-dealkylation sites (N-methyl/N-ethyl adjacent to an activating group) is 1. The Morgan fingerprint density at radius 1 is 1.19 bits per heavy atom. The largest absolute Gasteiger partial charge is 0.496 e. The highest BCUT2D eigenvalue weighted by atomic mass is 79.9. The molecule has 0 aliphatic carbocycles. The van der Waals surface area contributed by atoms with Crippen LogP contribution in [0.25, 0.3) is 0 Å². The van der Waals surface area contributed by atoms with E-state index >= 15 is 0 Å². The van der Waals surface area contributed by atoms with Crippen molar-refractivity contribution in [2.45, 2.75) is 12.5 Å². The first-order chi connectivity index (χ1) is 10.1. The molecule has 112 valence electrons. The number of hydrogen-bond donors (Lipinski definition) is 1. The van der Waals surface area contributed by atoms with E-state index in [1.54, 1.807) is 14.2 Å². The van der Waals surface area contributed by atoms with Gasteiger partial charge in [0.05, 0.1) is 11.6 Å². The fourth-order valence-electron chi connectivity index (χ4n) is 2.30. The second-order valence-corrected chi connectivity index (χ2v) is 5.47. The molecule has 0 amide bonds. The van der Waals surface area contributed by atoms with Gasteiger partial charge in [0, 0.05) is 11.6 Å². The maximum Gasteiger partial charge on any atom is 0.145 e. The predicted molar refractivity (Wildman–Crippen MR) is 82.6 cm³/mol. The van der Waals surface area contributed by atoms with E-state index in [9.17, 15) is 8.78 Å². The van der Waals surface area contributed by atoms with Crippen LogP contribution in [0.1, 0.15) is 17.2 Å². The van der Waals surface area contributed by atoms with Crippen molar-refractivity contribution < 1.29 is 13.5 Å². The molecule has 0 radical (unpaired) electrons. The molecule has 0 spiro atoms. The van der Waals surface area contributed by atoms with Gasteiger partial charge in [-0.15, -0.1) is 0 Å². The molecule has 1 N–H and O–H groups in total. The van der Waals surface area contributed by atoms with Crippen LogP contribution in [0.4, 0.5) is 8.78 Å². The van der Waals surface area contributed by atoms with E-state index in [1.807, 2.05) is 24.3 Å². The zero-order chi connectivity index (χ0) is 15.4. The van der Waals surface area contributed by atoms with E-state index in [-0.39, 0.29) is 10.0 Å². The SMILES string of the molecule is CNC(Cc1ccccc1OC)c1c(F)ccc(Br)c1F. The summed E-state index contributed by atoms with van der Waals surface area (Å²) in [5.74, 6) is -0.442. The van der Waals surface area contributed by atoms with Gasteiger partial charge in [-0.25, -0.2) is 8.78 Å². The molecule has 5 heteroatoms. The van der Waals surface area contributed by atoms with Gasteiger partial charge in [0.25, 0.3) is 0 Å². The first-order valence-corrected chi connectivity index (χ1v) is 7.30. The molecule has 0 saturated carbocycles. The second kappa shape index (κ2) is 7.00. The lowest BCUT2D eigenvalue weighted by Crippen LogP contribution is -2.22. The van der Waals surface area contributed by atoms with Crippen LogP contribution in [0.2, 0.25) is 0 Å². The van der Waals surface area contributed by atoms with Crippen LogP contribution < -0.4 is 10.1 Å². The average Bonchev–Trinajstić information content (AvgIpc) is 2.50. The minimum absolute atomic E-state index is 0.0257. The summed E-state index contributed by atoms with van der Waals surface area (Å²) in [5.41, 5.74) is 0.913. The fraction of sp³-hybridized carbons (Fsp3) is 0.250. The van der Waals surface area contributed by atoms with E-state index in [1.165, 1.54) is 12.1 Å². The number of benzene rings is 2. The number of rotatable bonds is 5. The summed E-state index contributed by atoms with van der Waals surface area (Å²) in [6, 6.07) is 9.58. The minimum Gasteiger partial charge on any atom is -0.496 e. The molecule has 2 rings (SSSR count). The summed E-state index contributed by atoms with van der Waals surface area (Å²) in [6.45, 7) is 0. The molecule has 0 saturated heterocycles. The Bertz CT molecular complexity index is 634. The predicted octanol–water partition coefficient (Wildman–Crippen LogP) is 4.24. The van der Waals surface area contributed by atoms with Gasteiger partial charge in [-0.1, -0.05) is 18.2 Å². The Hall–Kier alpha value is -1.46. The van der Waals surface area contributed by atoms with Gasteiger partial charge in [0.15, 0.2) is 0 Å². The highest BCUT2D eigenvalue weighted by molar-refractivity contribution is 9.10. The van der Waals surface area contributed by atoms with E-state index in [0.717, 1.165) is 5.56 Å². The van der Waals surface area contributed by atoms with Gasteiger partial charge in [-0.2, -0.15) is 0 Å². The Kier molecular flexibility index (Phi) is 5.31. The Balaban J connectivity index is 2.39. The molecule has 0 fully saturated rings. The van der Waals surface area contributed by atoms with E-state index < -0.39 is 17.7 Å². The summed E-state index contributed by atoms with van der Waals surface area (Å²) < 4.78 is 33.8. The van der Waals surface area contributed by atoms with Gasteiger partial charge in [0.2, 0.25) is 0 Å². The third kappa shape index (κ3) is 3.41. The lowest BCUT2D eigenvalue weighted by atomic mass is 9.97. The number of halogens is 3. The molecule has 2 aromatic rings. The van der Waals surface area contributed by atoms with E-state index in [2.05, 4.69) is 21.2 Å². The van der Waals surface area contributed by atoms with Crippen molar-refractivity contribution in [3.63, 3.8) is 0 Å². The van der Waals surface area contributed by atoms with Gasteiger partial charge in [-0.3, -0.25) is 0 Å². The minimum atomic E-state index is -0.579. The Morgan fingerprint density at radius 3 is 2.57 bits per heavy atom. The zero-order valence-electron chi connectivity index (χ0n) is 11.8. The summed E-state index contributed by atoms with van der Waals surface area (Å²) in [5, 5.41) is 2.97. The monoisotopic (exact) mass is 355 g/mol. The molecule has 0 heterocycles. The smallest absolute Gasteiger partial charge is 0.145 e. The number of nitrogens with one attached hydrogen (secondary N) is 1. The second-order valence-electron chi connectivity index (χ2n) is 4.61. The highest BCUT2D eigenvalue weighted by Gasteiger charge is 2.22. The van der Waals surface area contributed by atoms with Crippen LogP contribution in [-0.2, 0) is 6.42 Å². The standard InChI is InChI=1S/C16H16BrF2NO/c1-20-13(9-10-5-3-4-6-14(10)21-2)15-12(18)8-7-11(17)16(15)19/h3-8,13,20H,9H2,1-2H3. The van der Waals surface area contributed by atoms with E-state index in [4.69, 9.17) is 4.74 Å². The number of hydrogen-bond acceptors (Lipinski definition) is 2. The molecule has 2 nitrogen and oxygen atoms in total. The van der Waals surface area contributed by atoms with Crippen LogP contribution in [0.15, 0.2) is 40.9 Å². The molecular weight excluding hydrogens is 340 g/mol. The van der Waals surface area contributed by atoms with Gasteiger partial charge < -0.3 is 10.1 Å². The van der Waals surface area contributed by atoms with Crippen molar-refractivity contribution >= 4 is 15.9 Å². The molecule has 1 atom stereocenters. The topological polar surface area (TPSA) is 21.3 Å². The van der Waals surface area contributed by atoms with Crippen molar-refractivity contribution in [2.24, 2.45) is 0 Å². The first-order valence-electron chi connectivity index (χ1n) is 6.51. The Morgan fingerprint density at radius 2 is 1.90 bits per heavy atom. The summed E-state index contributed by atoms with van der Waals surface area (Å²) in [6.07, 6.45) is 0.421. The maximum absolute atomic E-state index is 14.2. The summed E-state index contributed by atoms with van der Waals surface area (Å²) >= 11 is 3.10. The van der Waals surface area contributed by atoms with Crippen LogP contribution in [0, 0.1) is 11.6 Å². The Labute approximate surface area is 131 Å². The van der Waals surface area contributed by atoms with Crippen LogP contribution in [0.5, 0.6) is 5.75 Å². The molecular formula is C16H16BrF2NO. The van der Waals surface area contributed by atoms with Crippen molar-refractivity contribution in [1.29, 1.82) is 0 Å². The van der Waals surface area contributed by atoms with E-state index in [0.29, 0.717) is 12.2 Å². The third-order valence-electron chi connectivity index (χ3n) is 3.39. The van der Waals surface area contributed by atoms with Crippen molar-refractivity contribution in [3.05, 3.63) is 63.6 Å². The molecule has 1 unspecified atom stereocenters. The highest BCUT2D eigenvalue weighted by Crippen LogP contribution is 2.30. The molecule has 0 aliphatic heterocycles. The van der Waals surface area contributed by atoms with Crippen molar-refractivity contribution in [1.82, 2.24) is 5.32 Å². The lowest BCUT2D eigenvalue weighted by molar-refractivity contribution is 0.404. The van der Waals surface area contributed by atoms with Crippen LogP contribution in [0.3, 0.4) is 0 Å². The summed E-state index contributed by atoms with van der Waals surface area (Å²) in [4.78, 5) is 0.